The van der Waals surface area contributed by atoms with Crippen molar-refractivity contribution in [3.05, 3.63) is 23.8 Å². The van der Waals surface area contributed by atoms with Crippen molar-refractivity contribution < 1.29 is 161 Å². The highest BCUT2D eigenvalue weighted by Gasteiger charge is 2.81. The van der Waals surface area contributed by atoms with E-state index in [0.717, 1.165) is 11.1 Å². The zero-order valence-corrected chi connectivity index (χ0v) is 60.4. The third-order valence-electron chi connectivity index (χ3n) is 24.9. The van der Waals surface area contributed by atoms with Gasteiger partial charge in [-0.1, -0.05) is 44.9 Å². The largest absolute Gasteiger partial charge is 0.462 e. The van der Waals surface area contributed by atoms with Crippen molar-refractivity contribution >= 4 is 17.9 Å². The molecule has 588 valence electrons. The first kappa shape index (κ1) is 80.8. The molecule has 1 unspecified atom stereocenters. The van der Waals surface area contributed by atoms with Crippen LogP contribution in [0.4, 0.5) is 0 Å². The molecule has 103 heavy (non-hydrogen) atoms. The summed E-state index contributed by atoms with van der Waals surface area (Å²) in [6, 6.07) is 0. The van der Waals surface area contributed by atoms with Gasteiger partial charge in [-0.05, 0) is 107 Å². The second-order valence-corrected chi connectivity index (χ2v) is 31.6. The molecule has 4 aliphatic carbocycles. The van der Waals surface area contributed by atoms with Crippen molar-refractivity contribution in [2.45, 2.75) is 317 Å². The van der Waals surface area contributed by atoms with Gasteiger partial charge in [0.1, 0.15) is 134 Å². The normalized spacial score (nSPS) is 50.7. The van der Waals surface area contributed by atoms with E-state index in [1.807, 2.05) is 6.92 Å². The Labute approximate surface area is 597 Å². The van der Waals surface area contributed by atoms with Crippen molar-refractivity contribution in [2.75, 3.05) is 40.6 Å². The van der Waals surface area contributed by atoms with E-state index >= 15 is 4.79 Å². The van der Waals surface area contributed by atoms with Gasteiger partial charge in [-0.2, -0.15) is 0 Å². The molecule has 0 aromatic carbocycles. The lowest BCUT2D eigenvalue weighted by Gasteiger charge is -2.63. The molecule has 7 aliphatic heterocycles. The van der Waals surface area contributed by atoms with Gasteiger partial charge in [0, 0.05) is 28.1 Å². The van der Waals surface area contributed by atoms with Crippen LogP contribution in [-0.2, 0) is 94.9 Å². The molecule has 11 aliphatic rings. The Kier molecular flexibility index (Phi) is 24.6. The van der Waals surface area contributed by atoms with Gasteiger partial charge in [0.05, 0.1) is 56.1 Å². The van der Waals surface area contributed by atoms with Gasteiger partial charge < -0.3 is 147 Å². The minimum absolute atomic E-state index is 0.103. The highest BCUT2D eigenvalue weighted by Crippen LogP contribution is 2.77. The number of cyclic esters (lactones) is 1. The summed E-state index contributed by atoms with van der Waals surface area (Å²) in [5.41, 5.74) is -2.55. The summed E-state index contributed by atoms with van der Waals surface area (Å²) in [6.07, 6.45) is -41.4. The minimum atomic E-state index is -2.03. The predicted molar refractivity (Wildman–Crippen MR) is 345 cm³/mol. The van der Waals surface area contributed by atoms with Crippen LogP contribution >= 0.6 is 0 Å². The van der Waals surface area contributed by atoms with E-state index in [4.69, 9.17) is 80.5 Å². The summed E-state index contributed by atoms with van der Waals surface area (Å²) < 4.78 is 103. The van der Waals surface area contributed by atoms with E-state index < -0.39 is 268 Å². The molecule has 0 bridgehead atoms. The van der Waals surface area contributed by atoms with Crippen molar-refractivity contribution in [3.63, 3.8) is 0 Å². The number of allylic oxidation sites excluding steroid dienone is 3. The quantitative estimate of drug-likeness (QED) is 0.0234. The van der Waals surface area contributed by atoms with Crippen LogP contribution in [0, 0.1) is 39.4 Å². The van der Waals surface area contributed by atoms with Crippen LogP contribution in [0.25, 0.3) is 0 Å². The fourth-order valence-corrected chi connectivity index (χ4v) is 19.6. The Bertz CT molecular complexity index is 3000. The SMILES string of the molecule is C=C(C)CCC(OC(C)=O)[C@]1(C)OC(=O)[C@]23CC=C4[C@@H](CC[C@H]5C(C)(C)[C@@H](O[C@@H]6OC[C@@H](O[C@@H]7O[C@H](C)[C@@H](O)[C@H](O[C@@H]8O[C@H](CO)[C@@H](O)[C@H](OC)[C@H]8O)[C@H]7O)[C@H](O)[C@H]6O[C@@H]6O[C@H](C)[C@@H](O[C@@H]7OC[C@@H](O)[C@H](O[C@@H]8O[C@H](CO)[C@@H](O)[C@H](OC)[C@H]8O)[C@H]7O)[C@H](O)[C@H]6O)CC[C@]45C)[C@]2(C)C[C@H](OC(C)=O)[C@H]13. The fraction of sp³-hybridized carbons (Fsp3) is 0.900. The first-order valence-electron chi connectivity index (χ1n) is 35.9. The number of rotatable bonds is 22. The van der Waals surface area contributed by atoms with E-state index in [1.54, 1.807) is 6.92 Å². The van der Waals surface area contributed by atoms with E-state index in [1.165, 1.54) is 41.9 Å². The van der Waals surface area contributed by atoms with Gasteiger partial charge in [0.2, 0.25) is 0 Å². The molecular weight excluding hydrogens is 1370 g/mol. The van der Waals surface area contributed by atoms with Gasteiger partial charge in [-0.3, -0.25) is 14.4 Å². The van der Waals surface area contributed by atoms with Gasteiger partial charge in [0.15, 0.2) is 43.3 Å². The number of carbonyl (C=O) groups is 3. The second kappa shape index (κ2) is 31.3. The van der Waals surface area contributed by atoms with Crippen LogP contribution in [0.2, 0.25) is 0 Å². The third-order valence-corrected chi connectivity index (χ3v) is 24.9. The summed E-state index contributed by atoms with van der Waals surface area (Å²) in [5, 5.41) is 146. The van der Waals surface area contributed by atoms with Gasteiger partial charge >= 0.3 is 17.9 Å². The Balaban J connectivity index is 0.841. The smallest absolute Gasteiger partial charge is 0.314 e. The molecule has 13 N–H and O–H groups in total. The Hall–Kier alpha value is -3.19. The average Bonchev–Trinajstić information content (AvgIpc) is 1.50. The van der Waals surface area contributed by atoms with E-state index in [9.17, 15) is 76.0 Å². The van der Waals surface area contributed by atoms with E-state index in [-0.39, 0.29) is 18.3 Å². The molecular formula is C70H110O33. The second-order valence-electron chi connectivity index (χ2n) is 31.6. The maximum Gasteiger partial charge on any atom is 0.314 e. The fourth-order valence-electron chi connectivity index (χ4n) is 19.6. The van der Waals surface area contributed by atoms with Crippen molar-refractivity contribution in [2.24, 2.45) is 39.4 Å². The molecule has 0 radical (unpaired) electrons. The molecule has 0 aromatic rings. The first-order valence-corrected chi connectivity index (χ1v) is 35.9. The first-order chi connectivity index (χ1) is 48.5. The number of esters is 3. The number of hydrogen-bond donors (Lipinski definition) is 13. The van der Waals surface area contributed by atoms with Crippen LogP contribution in [0.5, 0.6) is 0 Å². The molecule has 7 saturated heterocycles. The summed E-state index contributed by atoms with van der Waals surface area (Å²) in [5.74, 6) is -2.47. The van der Waals surface area contributed by atoms with Crippen LogP contribution in [-0.4, -0.2) is 321 Å². The van der Waals surface area contributed by atoms with Crippen molar-refractivity contribution in [3.8, 4) is 0 Å². The number of hydrogen-bond acceptors (Lipinski definition) is 33. The Morgan fingerprint density at radius 3 is 1.73 bits per heavy atom. The molecule has 10 fully saturated rings. The highest BCUT2D eigenvalue weighted by molar-refractivity contribution is 5.84. The molecule has 33 heteroatoms. The molecule has 11 rings (SSSR count). The summed E-state index contributed by atoms with van der Waals surface area (Å²) in [4.78, 5) is 41.0. The molecule has 0 aromatic heterocycles. The number of aliphatic hydroxyl groups is 13. The van der Waals surface area contributed by atoms with E-state index in [2.05, 4.69) is 40.3 Å². The maximum atomic E-state index is 15.1. The molecule has 38 atom stereocenters. The minimum Gasteiger partial charge on any atom is -0.462 e. The van der Waals surface area contributed by atoms with Gasteiger partial charge in [-0.15, -0.1) is 6.58 Å². The lowest BCUT2D eigenvalue weighted by Crippen LogP contribution is -2.66. The standard InChI is InChI=1S/C70H110O33/c1-27(2)14-17-41(94-31(6)74)69(11)58-35(93-30(5)73)22-68(10)33-15-16-39-66(7,8)40(19-20-67(39,9)32(33)18-21-70(58,68)65(86)103-69)98-64-57(45(79)38(26-90-64)97-61-51(85)56(42(76)28(3)91-61)101-63-50(84)55(88-13)44(78)37(24-72)96-63)102-60-47(81)46(80)52(29(4)92-60)99-59-48(82)53(34(75)25-89-59)100-62-49(83)54(87-12)43(77)36(23-71)95-62/h18,28-29,33-64,71-72,75-85H,1,14-17,19-26H2,2-13H3/t28-,29-,33-,34-,35+,36-,37-,38-,39+,40+,41?,42-,43-,44-,45+,46-,47-,48-,49-,50-,51-,52-,53+,54+,55+,56+,57-,58-,59+,60+,61+,62+,63+,64+,67-,68+,69+,70-/m1/s1. The number of ether oxygens (including phenoxy) is 17. The topological polar surface area (TPSA) is 471 Å². The van der Waals surface area contributed by atoms with Crippen LogP contribution in [0.15, 0.2) is 23.8 Å². The lowest BCUT2D eigenvalue weighted by molar-refractivity contribution is -0.393. The molecule has 33 nitrogen and oxygen atoms in total. The predicted octanol–water partition coefficient (Wildman–Crippen LogP) is -2.34. The van der Waals surface area contributed by atoms with Gasteiger partial charge in [-0.25, -0.2) is 0 Å². The van der Waals surface area contributed by atoms with E-state index in [0.29, 0.717) is 44.9 Å². The van der Waals surface area contributed by atoms with Crippen LogP contribution in [0.1, 0.15) is 121 Å². The summed E-state index contributed by atoms with van der Waals surface area (Å²) in [6.45, 7) is 19.3. The van der Waals surface area contributed by atoms with Crippen LogP contribution in [0.3, 0.4) is 0 Å². The van der Waals surface area contributed by atoms with Gasteiger partial charge in [0.25, 0.3) is 0 Å². The molecule has 3 saturated carbocycles. The zero-order chi connectivity index (χ0) is 75.2. The van der Waals surface area contributed by atoms with Crippen molar-refractivity contribution in [1.29, 1.82) is 0 Å². The zero-order valence-electron chi connectivity index (χ0n) is 60.4. The highest BCUT2D eigenvalue weighted by atomic mass is 16.8. The number of carbonyl (C=O) groups excluding carboxylic acids is 3. The maximum absolute atomic E-state index is 15.1. The molecule has 7 heterocycles. The van der Waals surface area contributed by atoms with Crippen LogP contribution < -0.4 is 0 Å². The summed E-state index contributed by atoms with van der Waals surface area (Å²) >= 11 is 0. The Morgan fingerprint density at radius 1 is 0.583 bits per heavy atom. The number of methoxy groups -OCH3 is 2. The average molecular weight is 1480 g/mol. The Morgan fingerprint density at radius 2 is 1.14 bits per heavy atom. The van der Waals surface area contributed by atoms with Crippen molar-refractivity contribution in [1.82, 2.24) is 0 Å². The molecule has 0 amide bonds. The third kappa shape index (κ3) is 14.4. The number of fused-ring (bicyclic) bond motifs is 4. The monoisotopic (exact) mass is 1480 g/mol. The summed E-state index contributed by atoms with van der Waals surface area (Å²) in [7, 11) is 2.41. The lowest BCUT2D eigenvalue weighted by atomic mass is 9.41. The molecule has 1 spiro atoms. The number of aliphatic hydroxyl groups excluding tert-OH is 13.